The first-order valence-corrected chi connectivity index (χ1v) is 6.53. The lowest BCUT2D eigenvalue weighted by atomic mass is 9.67. The van der Waals surface area contributed by atoms with Crippen molar-refractivity contribution in [1.29, 1.82) is 0 Å². The first-order valence-electron chi connectivity index (χ1n) is 5.74. The van der Waals surface area contributed by atoms with Gasteiger partial charge >= 0.3 is 11.9 Å². The fraction of sp³-hybridized carbons (Fsp3) is 0.429. The van der Waals surface area contributed by atoms with Gasteiger partial charge in [0.2, 0.25) is 0 Å². The number of carbonyl (C=O) groups excluding carboxylic acids is 2. The van der Waals surface area contributed by atoms with E-state index < -0.39 is 16.8 Å². The third-order valence-electron chi connectivity index (χ3n) is 3.52. The third-order valence-corrected chi connectivity index (χ3v) is 4.08. The number of halogens is 1. The van der Waals surface area contributed by atoms with Gasteiger partial charge in [-0.1, -0.05) is 47.7 Å². The summed E-state index contributed by atoms with van der Waals surface area (Å²) in [6.45, 7) is 7.48. The Labute approximate surface area is 121 Å². The molecule has 1 fully saturated rings. The smallest absolute Gasteiger partial charge is 0.330 e. The van der Waals surface area contributed by atoms with Crippen molar-refractivity contribution in [1.82, 2.24) is 0 Å². The fourth-order valence-corrected chi connectivity index (χ4v) is 2.31. The third kappa shape index (κ3) is 2.97. The lowest BCUT2D eigenvalue weighted by molar-refractivity contribution is -0.144. The summed E-state index contributed by atoms with van der Waals surface area (Å²) in [5.41, 5.74) is -1.50. The molecule has 0 N–H and O–H groups in total. The molecule has 0 aromatic rings. The predicted molar refractivity (Wildman–Crippen MR) is 75.5 cm³/mol. The number of cyclic esters (lactones) is 1. The molecular weight excluding hydrogens is 312 g/mol. The summed E-state index contributed by atoms with van der Waals surface area (Å²) >= 11 is 3.31. The molecule has 0 aromatic carbocycles. The van der Waals surface area contributed by atoms with Gasteiger partial charge in [-0.2, -0.15) is 0 Å². The van der Waals surface area contributed by atoms with Crippen molar-refractivity contribution < 1.29 is 19.1 Å². The summed E-state index contributed by atoms with van der Waals surface area (Å²) in [5, 5.41) is 0. The highest BCUT2D eigenvalue weighted by molar-refractivity contribution is 9.11. The Morgan fingerprint density at radius 3 is 2.68 bits per heavy atom. The first-order chi connectivity index (χ1) is 8.79. The number of hydrogen-bond acceptors (Lipinski definition) is 4. The Hall–Kier alpha value is -1.36. The van der Waals surface area contributed by atoms with Crippen molar-refractivity contribution in [2.45, 2.75) is 13.8 Å². The minimum Gasteiger partial charge on any atom is -0.466 e. The molecule has 0 radical (unpaired) electrons. The van der Waals surface area contributed by atoms with E-state index >= 15 is 0 Å². The first kappa shape index (κ1) is 15.7. The summed E-state index contributed by atoms with van der Waals surface area (Å²) in [6, 6.07) is 0. The molecule has 0 saturated carbocycles. The van der Waals surface area contributed by atoms with Crippen LogP contribution in [0.25, 0.3) is 0 Å². The number of carbonyl (C=O) groups is 2. The van der Waals surface area contributed by atoms with Crippen LogP contribution in [0.4, 0.5) is 0 Å². The Bertz CT molecular complexity index is 466. The van der Waals surface area contributed by atoms with Crippen LogP contribution >= 0.6 is 15.9 Å². The summed E-state index contributed by atoms with van der Waals surface area (Å²) < 4.78 is 10.4. The minimum absolute atomic E-state index is 0.212. The zero-order chi connectivity index (χ0) is 14.7. The van der Waals surface area contributed by atoms with Crippen LogP contribution in [0, 0.1) is 10.8 Å². The molecule has 4 nitrogen and oxygen atoms in total. The highest BCUT2D eigenvalue weighted by Crippen LogP contribution is 2.49. The van der Waals surface area contributed by atoms with Crippen molar-refractivity contribution in [2.24, 2.45) is 10.8 Å². The predicted octanol–water partition coefficient (Wildman–Crippen LogP) is 2.75. The molecule has 19 heavy (non-hydrogen) atoms. The molecule has 2 atom stereocenters. The molecule has 0 bridgehead atoms. The quantitative estimate of drug-likeness (QED) is 0.452. The molecule has 5 heteroatoms. The van der Waals surface area contributed by atoms with Crippen molar-refractivity contribution in [3.05, 3.63) is 35.4 Å². The molecule has 0 unspecified atom stereocenters. The highest BCUT2D eigenvalue weighted by atomic mass is 79.9. The van der Waals surface area contributed by atoms with Crippen LogP contribution in [0.2, 0.25) is 0 Å². The van der Waals surface area contributed by atoms with E-state index in [1.807, 2.05) is 6.92 Å². The maximum Gasteiger partial charge on any atom is 0.330 e. The summed E-state index contributed by atoms with van der Waals surface area (Å²) in [5.74, 6) is -0.794. The normalized spacial score (nSPS) is 31.4. The van der Waals surface area contributed by atoms with Crippen LogP contribution in [-0.2, 0) is 19.1 Å². The zero-order valence-electron chi connectivity index (χ0n) is 11.2. The Balaban J connectivity index is 3.18. The number of allylic oxidation sites excluding steroid dienone is 2. The maximum absolute atomic E-state index is 12.0. The van der Waals surface area contributed by atoms with Crippen molar-refractivity contribution in [3.8, 4) is 0 Å². The molecule has 1 saturated heterocycles. The van der Waals surface area contributed by atoms with E-state index in [0.29, 0.717) is 4.48 Å². The van der Waals surface area contributed by atoms with Crippen LogP contribution in [0.15, 0.2) is 35.4 Å². The van der Waals surface area contributed by atoms with E-state index in [1.54, 1.807) is 25.2 Å². The van der Waals surface area contributed by atoms with Crippen LogP contribution in [-0.4, -0.2) is 25.7 Å². The molecular formula is C14H17BrO4. The number of methoxy groups -OCH3 is 1. The standard InChI is InChI=1S/C14H17BrO4/c1-5-10(15)8-14(3)12(17)19-9-13(14,2)7-6-11(16)18-4/h5-8H,1,9H2,2-4H3/b7-6-,10-8-/t13-,14+/m1/s1. The summed E-state index contributed by atoms with van der Waals surface area (Å²) in [6.07, 6.45) is 6.32. The van der Waals surface area contributed by atoms with Gasteiger partial charge in [0.15, 0.2) is 0 Å². The average molecular weight is 329 g/mol. The fourth-order valence-electron chi connectivity index (χ4n) is 1.85. The number of hydrogen-bond donors (Lipinski definition) is 0. The van der Waals surface area contributed by atoms with E-state index in [9.17, 15) is 9.59 Å². The molecule has 0 spiro atoms. The molecule has 1 heterocycles. The molecule has 0 amide bonds. The van der Waals surface area contributed by atoms with Gasteiger partial charge in [0.25, 0.3) is 0 Å². The summed E-state index contributed by atoms with van der Waals surface area (Å²) in [4.78, 5) is 23.2. The Kier molecular flexibility index (Phi) is 4.74. The Morgan fingerprint density at radius 2 is 2.16 bits per heavy atom. The molecule has 0 aromatic heterocycles. The van der Waals surface area contributed by atoms with E-state index in [-0.39, 0.29) is 12.6 Å². The van der Waals surface area contributed by atoms with Crippen LogP contribution < -0.4 is 0 Å². The van der Waals surface area contributed by atoms with Crippen molar-refractivity contribution in [3.63, 3.8) is 0 Å². The van der Waals surface area contributed by atoms with Gasteiger partial charge in [0, 0.05) is 16.0 Å². The SMILES string of the molecule is C=C/C(Br)=C/[C@@]1(C)C(=O)OC[C@@]1(C)/C=C\C(=O)OC. The van der Waals surface area contributed by atoms with Gasteiger partial charge in [-0.3, -0.25) is 4.79 Å². The second-order valence-corrected chi connectivity index (χ2v) is 5.70. The van der Waals surface area contributed by atoms with Crippen LogP contribution in [0.5, 0.6) is 0 Å². The number of esters is 2. The Morgan fingerprint density at radius 1 is 1.53 bits per heavy atom. The monoisotopic (exact) mass is 328 g/mol. The lowest BCUT2D eigenvalue weighted by Crippen LogP contribution is -2.35. The van der Waals surface area contributed by atoms with Gasteiger partial charge in [-0.05, 0) is 6.92 Å². The largest absolute Gasteiger partial charge is 0.466 e. The summed E-state index contributed by atoms with van der Waals surface area (Å²) in [7, 11) is 1.30. The second-order valence-electron chi connectivity index (χ2n) is 4.79. The highest BCUT2D eigenvalue weighted by Gasteiger charge is 2.54. The van der Waals surface area contributed by atoms with Gasteiger partial charge in [0.05, 0.1) is 12.5 Å². The molecule has 1 rings (SSSR count). The minimum atomic E-state index is -0.870. The lowest BCUT2D eigenvalue weighted by Gasteiger charge is -2.31. The van der Waals surface area contributed by atoms with E-state index in [0.717, 1.165) is 0 Å². The second kappa shape index (κ2) is 5.74. The van der Waals surface area contributed by atoms with Crippen LogP contribution in [0.3, 0.4) is 0 Å². The number of rotatable bonds is 4. The van der Waals surface area contributed by atoms with Gasteiger partial charge in [-0.15, -0.1) is 0 Å². The number of ether oxygens (including phenoxy) is 2. The average Bonchev–Trinajstić information content (AvgIpc) is 2.61. The van der Waals surface area contributed by atoms with E-state index in [1.165, 1.54) is 13.2 Å². The molecule has 1 aliphatic rings. The molecule has 104 valence electrons. The maximum atomic E-state index is 12.0. The molecule has 0 aliphatic carbocycles. The van der Waals surface area contributed by atoms with E-state index in [2.05, 4.69) is 27.2 Å². The van der Waals surface area contributed by atoms with Crippen LogP contribution in [0.1, 0.15) is 13.8 Å². The van der Waals surface area contributed by atoms with Crippen molar-refractivity contribution in [2.75, 3.05) is 13.7 Å². The molecule has 1 aliphatic heterocycles. The topological polar surface area (TPSA) is 52.6 Å². The van der Waals surface area contributed by atoms with Gasteiger partial charge in [0.1, 0.15) is 6.61 Å². The van der Waals surface area contributed by atoms with Gasteiger partial charge in [-0.25, -0.2) is 4.79 Å². The van der Waals surface area contributed by atoms with Gasteiger partial charge < -0.3 is 9.47 Å². The van der Waals surface area contributed by atoms with Crippen molar-refractivity contribution >= 4 is 27.9 Å². The van der Waals surface area contributed by atoms with E-state index in [4.69, 9.17) is 4.74 Å². The zero-order valence-corrected chi connectivity index (χ0v) is 12.8.